The summed E-state index contributed by atoms with van der Waals surface area (Å²) >= 11 is 0. The van der Waals surface area contributed by atoms with Crippen molar-refractivity contribution in [3.8, 4) is 22.5 Å². The van der Waals surface area contributed by atoms with Crippen LogP contribution in [-0.2, 0) is 0 Å². The number of hydrogen-bond donors (Lipinski definition) is 1. The van der Waals surface area contributed by atoms with Gasteiger partial charge in [-0.3, -0.25) is 14.8 Å². The summed E-state index contributed by atoms with van der Waals surface area (Å²) in [5.41, 5.74) is 5.67. The number of halogens is 1. The lowest BCUT2D eigenvalue weighted by Crippen LogP contribution is -2.07. The third kappa shape index (κ3) is 1.80. The zero-order valence-electron chi connectivity index (χ0n) is 13.9. The number of rotatable bonds is 2. The molecule has 1 unspecified atom stereocenters. The van der Waals surface area contributed by atoms with E-state index in [9.17, 15) is 4.39 Å². The molecule has 26 heavy (non-hydrogen) atoms. The third-order valence-corrected chi connectivity index (χ3v) is 5.68. The number of nitrogens with zero attached hydrogens (tertiary/aromatic N) is 5. The second kappa shape index (κ2) is 4.97. The molecule has 2 atom stereocenters. The number of aromatic amines is 1. The van der Waals surface area contributed by atoms with Crippen molar-refractivity contribution in [1.82, 2.24) is 29.9 Å². The van der Waals surface area contributed by atoms with E-state index in [1.165, 1.54) is 30.8 Å². The van der Waals surface area contributed by atoms with Crippen LogP contribution in [0.4, 0.5) is 4.39 Å². The molecule has 0 spiro atoms. The van der Waals surface area contributed by atoms with Gasteiger partial charge in [0.2, 0.25) is 0 Å². The van der Waals surface area contributed by atoms with Crippen molar-refractivity contribution in [3.05, 3.63) is 48.3 Å². The molecule has 1 saturated carbocycles. The van der Waals surface area contributed by atoms with Gasteiger partial charge >= 0.3 is 0 Å². The van der Waals surface area contributed by atoms with Crippen LogP contribution in [0.2, 0.25) is 0 Å². The van der Waals surface area contributed by atoms with Gasteiger partial charge in [0.15, 0.2) is 5.65 Å². The molecule has 1 N–H and O–H groups in total. The molecule has 1 fully saturated rings. The van der Waals surface area contributed by atoms with Crippen LogP contribution in [0.25, 0.3) is 33.5 Å². The highest BCUT2D eigenvalue weighted by atomic mass is 19.1. The number of fused-ring (bicyclic) bond motifs is 6. The Morgan fingerprint density at radius 2 is 2.08 bits per heavy atom. The normalized spacial score (nSPS) is 20.8. The van der Waals surface area contributed by atoms with Crippen molar-refractivity contribution in [2.24, 2.45) is 0 Å². The van der Waals surface area contributed by atoms with E-state index in [0.717, 1.165) is 34.3 Å². The molecular weight excluding hydrogens is 331 g/mol. The molecule has 0 aromatic carbocycles. The SMILES string of the molecule is Fc1ccc(-c2nn3c(c2-c2ccnc4[nH]ncc24)[C@@H]2CCC3C2)nc1. The monoisotopic (exact) mass is 346 g/mol. The number of pyridine rings is 2. The van der Waals surface area contributed by atoms with Gasteiger partial charge in [-0.15, -0.1) is 0 Å². The second-order valence-corrected chi connectivity index (χ2v) is 7.07. The van der Waals surface area contributed by atoms with Gasteiger partial charge in [-0.2, -0.15) is 10.2 Å². The Labute approximate surface area is 148 Å². The zero-order chi connectivity index (χ0) is 17.3. The van der Waals surface area contributed by atoms with E-state index in [1.807, 2.05) is 6.07 Å². The van der Waals surface area contributed by atoms with Crippen molar-refractivity contribution in [2.75, 3.05) is 0 Å². The fourth-order valence-electron chi connectivity index (χ4n) is 4.57. The van der Waals surface area contributed by atoms with E-state index < -0.39 is 0 Å². The molecule has 5 heterocycles. The van der Waals surface area contributed by atoms with E-state index in [0.29, 0.717) is 17.7 Å². The molecule has 0 amide bonds. The first-order valence-electron chi connectivity index (χ1n) is 8.82. The zero-order valence-corrected chi connectivity index (χ0v) is 13.9. The minimum Gasteiger partial charge on any atom is -0.265 e. The van der Waals surface area contributed by atoms with Crippen molar-refractivity contribution < 1.29 is 4.39 Å². The van der Waals surface area contributed by atoms with Crippen molar-refractivity contribution in [1.29, 1.82) is 0 Å². The van der Waals surface area contributed by atoms with Gasteiger partial charge in [0.25, 0.3) is 0 Å². The summed E-state index contributed by atoms with van der Waals surface area (Å²) in [5, 5.41) is 13.0. The van der Waals surface area contributed by atoms with Crippen LogP contribution in [0, 0.1) is 5.82 Å². The maximum absolute atomic E-state index is 13.4. The molecule has 2 bridgehead atoms. The molecule has 0 saturated heterocycles. The van der Waals surface area contributed by atoms with Crippen LogP contribution in [0.1, 0.15) is 36.9 Å². The predicted octanol–water partition coefficient (Wildman–Crippen LogP) is 3.84. The quantitative estimate of drug-likeness (QED) is 0.598. The Morgan fingerprint density at radius 3 is 2.96 bits per heavy atom. The molecule has 0 radical (unpaired) electrons. The molecule has 2 aliphatic rings. The summed E-state index contributed by atoms with van der Waals surface area (Å²) < 4.78 is 15.6. The van der Waals surface area contributed by atoms with E-state index in [4.69, 9.17) is 5.10 Å². The highest BCUT2D eigenvalue weighted by Crippen LogP contribution is 2.54. The highest BCUT2D eigenvalue weighted by Gasteiger charge is 2.42. The van der Waals surface area contributed by atoms with Crippen LogP contribution < -0.4 is 0 Å². The van der Waals surface area contributed by atoms with Gasteiger partial charge in [0.1, 0.15) is 11.5 Å². The largest absolute Gasteiger partial charge is 0.265 e. The summed E-state index contributed by atoms with van der Waals surface area (Å²) in [6.45, 7) is 0. The number of aromatic nitrogens is 6. The fraction of sp³-hybridized carbons (Fsp3) is 0.263. The first kappa shape index (κ1) is 14.1. The maximum Gasteiger partial charge on any atom is 0.155 e. The second-order valence-electron chi connectivity index (χ2n) is 7.07. The molecule has 6 nitrogen and oxygen atoms in total. The number of hydrogen-bond acceptors (Lipinski definition) is 4. The van der Waals surface area contributed by atoms with Gasteiger partial charge in [0, 0.05) is 23.1 Å². The van der Waals surface area contributed by atoms with Gasteiger partial charge in [-0.1, -0.05) is 0 Å². The van der Waals surface area contributed by atoms with Crippen molar-refractivity contribution >= 4 is 11.0 Å². The molecule has 128 valence electrons. The lowest BCUT2D eigenvalue weighted by atomic mass is 9.93. The summed E-state index contributed by atoms with van der Waals surface area (Å²) in [6.07, 6.45) is 8.36. The van der Waals surface area contributed by atoms with E-state index in [2.05, 4.69) is 24.8 Å². The van der Waals surface area contributed by atoms with Crippen LogP contribution in [0.3, 0.4) is 0 Å². The van der Waals surface area contributed by atoms with E-state index >= 15 is 0 Å². The number of H-pyrrole nitrogens is 1. The van der Waals surface area contributed by atoms with Gasteiger partial charge in [-0.25, -0.2) is 9.37 Å². The lowest BCUT2D eigenvalue weighted by Gasteiger charge is -2.14. The Balaban J connectivity index is 1.68. The first-order chi connectivity index (χ1) is 12.8. The van der Waals surface area contributed by atoms with E-state index in [1.54, 1.807) is 18.5 Å². The molecule has 1 aliphatic carbocycles. The fourth-order valence-corrected chi connectivity index (χ4v) is 4.57. The average Bonchev–Trinajstić information content (AvgIpc) is 3.42. The van der Waals surface area contributed by atoms with Crippen molar-refractivity contribution in [2.45, 2.75) is 31.2 Å². The Morgan fingerprint density at radius 1 is 1.12 bits per heavy atom. The molecular formula is C19H15FN6. The standard InChI is InChI=1S/C19H15FN6/c20-11-2-4-15(22-8-11)17-16(13-5-6-21-19-14(13)9-23-24-19)18-10-1-3-12(7-10)26(18)25-17/h2,4-6,8-10,12H,1,3,7H2,(H,21,23,24)/t10-,12?/m1/s1. The summed E-state index contributed by atoms with van der Waals surface area (Å²) in [4.78, 5) is 8.65. The minimum atomic E-state index is -0.344. The Kier molecular flexibility index (Phi) is 2.70. The maximum atomic E-state index is 13.4. The molecule has 4 aromatic heterocycles. The smallest absolute Gasteiger partial charge is 0.155 e. The molecule has 1 aliphatic heterocycles. The van der Waals surface area contributed by atoms with E-state index in [-0.39, 0.29) is 5.82 Å². The lowest BCUT2D eigenvalue weighted by molar-refractivity contribution is 0.477. The van der Waals surface area contributed by atoms with Crippen LogP contribution >= 0.6 is 0 Å². The van der Waals surface area contributed by atoms with Gasteiger partial charge in [0.05, 0.1) is 29.8 Å². The predicted molar refractivity (Wildman–Crippen MR) is 93.9 cm³/mol. The topological polar surface area (TPSA) is 72.3 Å². The van der Waals surface area contributed by atoms with Gasteiger partial charge < -0.3 is 0 Å². The minimum absolute atomic E-state index is 0.344. The molecule has 6 rings (SSSR count). The average molecular weight is 346 g/mol. The summed E-state index contributed by atoms with van der Waals surface area (Å²) in [6, 6.07) is 5.61. The summed E-state index contributed by atoms with van der Waals surface area (Å²) in [7, 11) is 0. The van der Waals surface area contributed by atoms with Crippen LogP contribution in [0.5, 0.6) is 0 Å². The molecule has 4 aromatic rings. The van der Waals surface area contributed by atoms with Gasteiger partial charge in [-0.05, 0) is 43.0 Å². The van der Waals surface area contributed by atoms with Crippen LogP contribution in [0.15, 0.2) is 36.8 Å². The highest BCUT2D eigenvalue weighted by molar-refractivity contribution is 5.97. The number of nitrogens with one attached hydrogen (secondary N) is 1. The Bertz CT molecular complexity index is 1140. The summed E-state index contributed by atoms with van der Waals surface area (Å²) in [5.74, 6) is 0.176. The molecule has 7 heteroatoms. The third-order valence-electron chi connectivity index (χ3n) is 5.68. The van der Waals surface area contributed by atoms with Crippen molar-refractivity contribution in [3.63, 3.8) is 0 Å². The van der Waals surface area contributed by atoms with Crippen LogP contribution in [-0.4, -0.2) is 29.9 Å². The first-order valence-corrected chi connectivity index (χ1v) is 8.82. The Hall–Kier alpha value is -3.09.